The van der Waals surface area contributed by atoms with E-state index in [2.05, 4.69) is 37.3 Å². The van der Waals surface area contributed by atoms with Crippen LogP contribution in [0.5, 0.6) is 0 Å². The van der Waals surface area contributed by atoms with Crippen molar-refractivity contribution in [2.45, 2.75) is 26.2 Å². The zero-order valence-corrected chi connectivity index (χ0v) is 7.51. The van der Waals surface area contributed by atoms with Crippen LogP contribution in [0.2, 0.25) is 0 Å². The summed E-state index contributed by atoms with van der Waals surface area (Å²) < 4.78 is 0. The number of allylic oxidation sites excluding steroid dienone is 2. The van der Waals surface area contributed by atoms with E-state index in [0.29, 0.717) is 0 Å². The molecule has 0 spiro atoms. The first kappa shape index (κ1) is 7.60. The van der Waals surface area contributed by atoms with Crippen LogP contribution >= 0.6 is 0 Å². The molecule has 0 radical (unpaired) electrons. The summed E-state index contributed by atoms with van der Waals surface area (Å²) in [5, 5.41) is 0. The van der Waals surface area contributed by atoms with Crippen molar-refractivity contribution in [2.24, 2.45) is 0 Å². The second-order valence-electron chi connectivity index (χ2n) is 3.28. The van der Waals surface area contributed by atoms with E-state index in [4.69, 9.17) is 0 Å². The molecule has 0 N–H and O–H groups in total. The molecule has 0 fully saturated rings. The standard InChI is InChI=1S/C12H14/c1-2-10-7-5-8-11-6-3-4-9-12(10)11/h3-4,6-7,9H,2,5,8H2,1H3. The molecule has 1 aliphatic rings. The molecule has 12 heavy (non-hydrogen) atoms. The van der Waals surface area contributed by atoms with Gasteiger partial charge in [-0.2, -0.15) is 0 Å². The predicted octanol–water partition coefficient (Wildman–Crippen LogP) is 3.43. The van der Waals surface area contributed by atoms with Gasteiger partial charge in [-0.3, -0.25) is 0 Å². The van der Waals surface area contributed by atoms with Gasteiger partial charge in [0.1, 0.15) is 0 Å². The maximum absolute atomic E-state index is 2.38. The number of rotatable bonds is 1. The third kappa shape index (κ3) is 1.18. The molecule has 0 heteroatoms. The van der Waals surface area contributed by atoms with Crippen LogP contribution in [0.4, 0.5) is 0 Å². The fourth-order valence-electron chi connectivity index (χ4n) is 1.90. The Balaban J connectivity index is 2.48. The fourth-order valence-corrected chi connectivity index (χ4v) is 1.90. The zero-order chi connectivity index (χ0) is 8.39. The smallest absolute Gasteiger partial charge is 0.0196 e. The SMILES string of the molecule is CCC1=CCCc2ccccc21. The lowest BCUT2D eigenvalue weighted by Gasteiger charge is -2.15. The molecule has 0 unspecified atom stereocenters. The summed E-state index contributed by atoms with van der Waals surface area (Å²) in [6.45, 7) is 2.23. The van der Waals surface area contributed by atoms with Gasteiger partial charge < -0.3 is 0 Å². The van der Waals surface area contributed by atoms with Gasteiger partial charge in [0.05, 0.1) is 0 Å². The van der Waals surface area contributed by atoms with Crippen LogP contribution in [0.15, 0.2) is 30.3 Å². The van der Waals surface area contributed by atoms with E-state index in [1.54, 1.807) is 0 Å². The largest absolute Gasteiger partial charge is 0.0804 e. The molecule has 1 aliphatic carbocycles. The quantitative estimate of drug-likeness (QED) is 0.587. The average molecular weight is 158 g/mol. The van der Waals surface area contributed by atoms with E-state index in [0.717, 1.165) is 6.42 Å². The number of hydrogen-bond donors (Lipinski definition) is 0. The van der Waals surface area contributed by atoms with Gasteiger partial charge in [0.15, 0.2) is 0 Å². The number of aryl methyl sites for hydroxylation is 1. The highest BCUT2D eigenvalue weighted by Gasteiger charge is 2.08. The zero-order valence-electron chi connectivity index (χ0n) is 7.51. The number of hydrogen-bond acceptors (Lipinski definition) is 0. The highest BCUT2D eigenvalue weighted by molar-refractivity contribution is 5.69. The summed E-state index contributed by atoms with van der Waals surface area (Å²) in [5.41, 5.74) is 4.53. The molecule has 1 aromatic rings. The Morgan fingerprint density at radius 2 is 2.08 bits per heavy atom. The Labute approximate surface area is 73.9 Å². The molecular weight excluding hydrogens is 144 g/mol. The van der Waals surface area contributed by atoms with Crippen molar-refractivity contribution in [2.75, 3.05) is 0 Å². The van der Waals surface area contributed by atoms with Crippen LogP contribution in [0.1, 0.15) is 30.9 Å². The lowest BCUT2D eigenvalue weighted by atomic mass is 9.90. The molecular formula is C12H14. The predicted molar refractivity (Wildman–Crippen MR) is 53.0 cm³/mol. The highest BCUT2D eigenvalue weighted by atomic mass is 14.1. The first-order chi connectivity index (χ1) is 5.92. The lowest BCUT2D eigenvalue weighted by molar-refractivity contribution is 0.963. The van der Waals surface area contributed by atoms with E-state index >= 15 is 0 Å². The van der Waals surface area contributed by atoms with E-state index in [1.165, 1.54) is 29.5 Å². The Bertz CT molecular complexity index is 308. The van der Waals surface area contributed by atoms with Crippen LogP contribution in [0, 0.1) is 0 Å². The number of fused-ring (bicyclic) bond motifs is 1. The molecule has 0 heterocycles. The summed E-state index contributed by atoms with van der Waals surface area (Å²) in [6.07, 6.45) is 5.99. The average Bonchev–Trinajstić information content (AvgIpc) is 2.17. The van der Waals surface area contributed by atoms with E-state index in [1.807, 2.05) is 0 Å². The Morgan fingerprint density at radius 1 is 1.25 bits per heavy atom. The van der Waals surface area contributed by atoms with Crippen molar-refractivity contribution in [3.63, 3.8) is 0 Å². The van der Waals surface area contributed by atoms with E-state index in [-0.39, 0.29) is 0 Å². The monoisotopic (exact) mass is 158 g/mol. The summed E-state index contributed by atoms with van der Waals surface area (Å²) >= 11 is 0. The summed E-state index contributed by atoms with van der Waals surface area (Å²) in [6, 6.07) is 8.76. The van der Waals surface area contributed by atoms with Gasteiger partial charge >= 0.3 is 0 Å². The molecule has 0 bridgehead atoms. The minimum Gasteiger partial charge on any atom is -0.0804 e. The van der Waals surface area contributed by atoms with Crippen molar-refractivity contribution in [3.05, 3.63) is 41.5 Å². The van der Waals surface area contributed by atoms with Crippen molar-refractivity contribution in [1.29, 1.82) is 0 Å². The third-order valence-corrected chi connectivity index (χ3v) is 2.55. The van der Waals surface area contributed by atoms with Crippen molar-refractivity contribution < 1.29 is 0 Å². The highest BCUT2D eigenvalue weighted by Crippen LogP contribution is 2.27. The van der Waals surface area contributed by atoms with Gasteiger partial charge in [-0.05, 0) is 36.0 Å². The maximum Gasteiger partial charge on any atom is -0.0196 e. The second-order valence-corrected chi connectivity index (χ2v) is 3.28. The second kappa shape index (κ2) is 3.14. The van der Waals surface area contributed by atoms with Crippen LogP contribution < -0.4 is 0 Å². The number of benzene rings is 1. The molecule has 0 aromatic heterocycles. The van der Waals surface area contributed by atoms with Crippen LogP contribution in [0.3, 0.4) is 0 Å². The minimum absolute atomic E-state index is 1.16. The Kier molecular flexibility index (Phi) is 1.99. The first-order valence-corrected chi connectivity index (χ1v) is 4.69. The maximum atomic E-state index is 2.38. The van der Waals surface area contributed by atoms with Crippen LogP contribution in [0.25, 0.3) is 5.57 Å². The van der Waals surface area contributed by atoms with Gasteiger partial charge in [-0.1, -0.05) is 37.3 Å². The third-order valence-electron chi connectivity index (χ3n) is 2.55. The van der Waals surface area contributed by atoms with Gasteiger partial charge in [0, 0.05) is 0 Å². The Morgan fingerprint density at radius 3 is 2.92 bits per heavy atom. The molecule has 0 atom stereocenters. The molecule has 2 rings (SSSR count). The van der Waals surface area contributed by atoms with Crippen LogP contribution in [-0.2, 0) is 6.42 Å². The lowest BCUT2D eigenvalue weighted by Crippen LogP contribution is -1.98. The molecule has 0 amide bonds. The molecule has 0 saturated carbocycles. The van der Waals surface area contributed by atoms with E-state index < -0.39 is 0 Å². The Hall–Kier alpha value is -1.04. The van der Waals surface area contributed by atoms with Gasteiger partial charge in [0.25, 0.3) is 0 Å². The fraction of sp³-hybridized carbons (Fsp3) is 0.333. The summed E-state index contributed by atoms with van der Waals surface area (Å²) in [7, 11) is 0. The molecule has 0 saturated heterocycles. The van der Waals surface area contributed by atoms with Gasteiger partial charge in [-0.25, -0.2) is 0 Å². The van der Waals surface area contributed by atoms with Crippen molar-refractivity contribution in [3.8, 4) is 0 Å². The van der Waals surface area contributed by atoms with Crippen molar-refractivity contribution >= 4 is 5.57 Å². The van der Waals surface area contributed by atoms with Crippen LogP contribution in [-0.4, -0.2) is 0 Å². The van der Waals surface area contributed by atoms with Gasteiger partial charge in [-0.15, -0.1) is 0 Å². The summed E-state index contributed by atoms with van der Waals surface area (Å²) in [4.78, 5) is 0. The van der Waals surface area contributed by atoms with E-state index in [9.17, 15) is 0 Å². The van der Waals surface area contributed by atoms with Crippen molar-refractivity contribution in [1.82, 2.24) is 0 Å². The minimum atomic E-state index is 1.16. The molecule has 62 valence electrons. The topological polar surface area (TPSA) is 0 Å². The first-order valence-electron chi connectivity index (χ1n) is 4.69. The summed E-state index contributed by atoms with van der Waals surface area (Å²) in [5.74, 6) is 0. The molecule has 0 aliphatic heterocycles. The molecule has 0 nitrogen and oxygen atoms in total. The normalized spacial score (nSPS) is 15.2. The molecule has 1 aromatic carbocycles. The van der Waals surface area contributed by atoms with Gasteiger partial charge in [0.2, 0.25) is 0 Å².